The minimum absolute atomic E-state index is 0.0669. The molecule has 5 nitrogen and oxygen atoms in total. The van der Waals surface area contributed by atoms with Crippen LogP contribution in [0.25, 0.3) is 10.8 Å². The lowest BCUT2D eigenvalue weighted by molar-refractivity contribution is -0.111. The smallest absolute Gasteiger partial charge is 0.258 e. The Morgan fingerprint density at radius 2 is 1.86 bits per heavy atom. The molecule has 0 radical (unpaired) electrons. The molecule has 114 valence electrons. The van der Waals surface area contributed by atoms with E-state index in [0.717, 1.165) is 11.1 Å². The molecule has 0 aliphatic carbocycles. The molecule has 1 heterocycles. The molecule has 2 aromatic rings. The largest absolute Gasteiger partial charge is 0.491 e. The molecule has 0 atom stereocenters. The second-order valence-electron chi connectivity index (χ2n) is 5.09. The van der Waals surface area contributed by atoms with Crippen LogP contribution >= 0.6 is 0 Å². The summed E-state index contributed by atoms with van der Waals surface area (Å²) in [5, 5.41) is 1.51. The molecule has 1 aromatic carbocycles. The maximum Gasteiger partial charge on any atom is 0.258 e. The van der Waals surface area contributed by atoms with E-state index in [2.05, 4.69) is 0 Å². The van der Waals surface area contributed by atoms with Gasteiger partial charge in [-0.3, -0.25) is 4.79 Å². The number of nitrogens with zero attached hydrogens (tertiary/aromatic N) is 1. The lowest BCUT2D eigenvalue weighted by Crippen LogP contribution is -2.28. The molecule has 2 rings (SSSR count). The molecule has 0 bridgehead atoms. The van der Waals surface area contributed by atoms with Crippen molar-refractivity contribution in [2.24, 2.45) is 0 Å². The van der Waals surface area contributed by atoms with Gasteiger partial charge in [-0.15, -0.1) is 0 Å². The third-order valence-corrected chi connectivity index (χ3v) is 3.19. The van der Waals surface area contributed by atoms with E-state index in [-0.39, 0.29) is 11.7 Å². The van der Waals surface area contributed by atoms with Crippen molar-refractivity contribution in [3.05, 3.63) is 40.8 Å². The summed E-state index contributed by atoms with van der Waals surface area (Å²) >= 11 is 0. The van der Waals surface area contributed by atoms with Crippen LogP contribution in [-0.4, -0.2) is 31.2 Å². The number of benzene rings is 1. The van der Waals surface area contributed by atoms with Gasteiger partial charge in [0.05, 0.1) is 12.6 Å². The summed E-state index contributed by atoms with van der Waals surface area (Å²) in [7, 11) is 3.10. The van der Waals surface area contributed by atoms with Gasteiger partial charge in [0.25, 0.3) is 5.56 Å². The van der Waals surface area contributed by atoms with Crippen molar-refractivity contribution in [2.45, 2.75) is 32.8 Å². The van der Waals surface area contributed by atoms with E-state index in [9.17, 15) is 4.79 Å². The van der Waals surface area contributed by atoms with Crippen molar-refractivity contribution < 1.29 is 14.2 Å². The van der Waals surface area contributed by atoms with Crippen molar-refractivity contribution in [1.82, 2.24) is 4.57 Å². The third kappa shape index (κ3) is 3.62. The van der Waals surface area contributed by atoms with Crippen LogP contribution in [0.1, 0.15) is 13.8 Å². The summed E-state index contributed by atoms with van der Waals surface area (Å²) in [5.74, 6) is 0.765. The maximum absolute atomic E-state index is 12.4. The van der Waals surface area contributed by atoms with E-state index in [1.807, 2.05) is 32.0 Å². The first kappa shape index (κ1) is 15.5. The number of methoxy groups -OCH3 is 2. The minimum atomic E-state index is -0.441. The number of pyridine rings is 1. The van der Waals surface area contributed by atoms with Gasteiger partial charge in [-0.05, 0) is 43.5 Å². The van der Waals surface area contributed by atoms with Gasteiger partial charge in [0.15, 0.2) is 6.29 Å². The fraction of sp³-hybridized carbons (Fsp3) is 0.438. The number of ether oxygens (including phenoxy) is 3. The van der Waals surface area contributed by atoms with E-state index in [0.29, 0.717) is 11.9 Å². The first-order valence-corrected chi connectivity index (χ1v) is 6.90. The van der Waals surface area contributed by atoms with Gasteiger partial charge in [0.1, 0.15) is 5.75 Å². The van der Waals surface area contributed by atoms with Crippen LogP contribution in [0.3, 0.4) is 0 Å². The van der Waals surface area contributed by atoms with Crippen LogP contribution in [0.5, 0.6) is 5.75 Å². The van der Waals surface area contributed by atoms with Gasteiger partial charge >= 0.3 is 0 Å². The molecule has 0 saturated heterocycles. The molecular weight excluding hydrogens is 270 g/mol. The minimum Gasteiger partial charge on any atom is -0.491 e. The topological polar surface area (TPSA) is 49.7 Å². The number of rotatable bonds is 6. The van der Waals surface area contributed by atoms with Crippen LogP contribution in [0, 0.1) is 0 Å². The van der Waals surface area contributed by atoms with Crippen molar-refractivity contribution in [1.29, 1.82) is 0 Å². The summed E-state index contributed by atoms with van der Waals surface area (Å²) in [6.07, 6.45) is 1.41. The molecule has 0 saturated carbocycles. The van der Waals surface area contributed by atoms with Crippen molar-refractivity contribution in [3.63, 3.8) is 0 Å². The van der Waals surface area contributed by atoms with E-state index in [4.69, 9.17) is 14.2 Å². The van der Waals surface area contributed by atoms with Gasteiger partial charge in [0, 0.05) is 25.8 Å². The molecule has 0 fully saturated rings. The maximum atomic E-state index is 12.4. The number of fused-ring (bicyclic) bond motifs is 1. The van der Waals surface area contributed by atoms with E-state index >= 15 is 0 Å². The molecule has 0 aliphatic heterocycles. The Balaban J connectivity index is 2.37. The van der Waals surface area contributed by atoms with Crippen molar-refractivity contribution in [3.8, 4) is 5.75 Å². The number of hydrogen-bond donors (Lipinski definition) is 0. The van der Waals surface area contributed by atoms with E-state index in [1.165, 1.54) is 0 Å². The number of hydrogen-bond acceptors (Lipinski definition) is 4. The lowest BCUT2D eigenvalue weighted by atomic mass is 10.1. The van der Waals surface area contributed by atoms with Crippen LogP contribution in [0.2, 0.25) is 0 Å². The molecule has 0 unspecified atom stereocenters. The van der Waals surface area contributed by atoms with Crippen molar-refractivity contribution >= 4 is 10.8 Å². The highest BCUT2D eigenvalue weighted by Crippen LogP contribution is 2.19. The van der Waals surface area contributed by atoms with Gasteiger partial charge < -0.3 is 18.8 Å². The van der Waals surface area contributed by atoms with Crippen LogP contribution in [0.4, 0.5) is 0 Å². The predicted molar refractivity (Wildman–Crippen MR) is 81.8 cm³/mol. The predicted octanol–water partition coefficient (Wildman–Crippen LogP) is 2.41. The average Bonchev–Trinajstić information content (AvgIpc) is 2.46. The lowest BCUT2D eigenvalue weighted by Gasteiger charge is -2.15. The Morgan fingerprint density at radius 3 is 2.48 bits per heavy atom. The number of aromatic nitrogens is 1. The molecule has 0 N–H and O–H groups in total. The summed E-state index contributed by atoms with van der Waals surface area (Å²) in [6, 6.07) is 7.39. The highest BCUT2D eigenvalue weighted by atomic mass is 16.7. The van der Waals surface area contributed by atoms with E-state index < -0.39 is 6.29 Å². The Labute approximate surface area is 124 Å². The van der Waals surface area contributed by atoms with E-state index in [1.54, 1.807) is 31.0 Å². The Kier molecular flexibility index (Phi) is 4.98. The highest BCUT2D eigenvalue weighted by molar-refractivity contribution is 5.82. The standard InChI is InChI=1S/C16H21NO4/c1-11(2)21-13-5-6-14-12(9-13)7-8-17(16(14)18)10-15(19-3)20-4/h5-9,11,15H,10H2,1-4H3. The zero-order chi connectivity index (χ0) is 15.4. The molecule has 0 aliphatic rings. The second-order valence-corrected chi connectivity index (χ2v) is 5.09. The van der Waals surface area contributed by atoms with Gasteiger partial charge in [-0.1, -0.05) is 0 Å². The molecule has 0 amide bonds. The van der Waals surface area contributed by atoms with Crippen LogP contribution in [-0.2, 0) is 16.0 Å². The van der Waals surface area contributed by atoms with Crippen LogP contribution < -0.4 is 10.3 Å². The molecule has 0 spiro atoms. The second kappa shape index (κ2) is 6.74. The first-order valence-electron chi connectivity index (χ1n) is 6.90. The Morgan fingerprint density at radius 1 is 1.14 bits per heavy atom. The van der Waals surface area contributed by atoms with Gasteiger partial charge in [0.2, 0.25) is 0 Å². The highest BCUT2D eigenvalue weighted by Gasteiger charge is 2.10. The zero-order valence-electron chi connectivity index (χ0n) is 12.8. The fourth-order valence-corrected chi connectivity index (χ4v) is 2.16. The molecule has 1 aromatic heterocycles. The summed E-state index contributed by atoms with van der Waals surface area (Å²) < 4.78 is 17.5. The summed E-state index contributed by atoms with van der Waals surface area (Å²) in [5.41, 5.74) is -0.0669. The van der Waals surface area contributed by atoms with Crippen molar-refractivity contribution in [2.75, 3.05) is 14.2 Å². The fourth-order valence-electron chi connectivity index (χ4n) is 2.16. The van der Waals surface area contributed by atoms with Gasteiger partial charge in [-0.25, -0.2) is 0 Å². The molecular formula is C16H21NO4. The normalized spacial score (nSPS) is 11.5. The molecule has 5 heteroatoms. The Hall–Kier alpha value is -1.85. The Bertz CT molecular complexity index is 659. The third-order valence-electron chi connectivity index (χ3n) is 3.19. The SMILES string of the molecule is COC(Cn1ccc2cc(OC(C)C)ccc2c1=O)OC. The van der Waals surface area contributed by atoms with Gasteiger partial charge in [-0.2, -0.15) is 0 Å². The first-order chi connectivity index (χ1) is 10.0. The monoisotopic (exact) mass is 291 g/mol. The average molecular weight is 291 g/mol. The van der Waals surface area contributed by atoms with Crippen LogP contribution in [0.15, 0.2) is 35.3 Å². The zero-order valence-corrected chi connectivity index (χ0v) is 12.8. The molecule has 21 heavy (non-hydrogen) atoms. The summed E-state index contributed by atoms with van der Waals surface area (Å²) in [4.78, 5) is 12.4. The summed E-state index contributed by atoms with van der Waals surface area (Å²) in [6.45, 7) is 4.29. The quantitative estimate of drug-likeness (QED) is 0.767.